The van der Waals surface area contributed by atoms with Crippen molar-refractivity contribution in [3.63, 3.8) is 0 Å². The first kappa shape index (κ1) is 16.3. The summed E-state index contributed by atoms with van der Waals surface area (Å²) in [6.45, 7) is 0. The molecule has 0 unspecified atom stereocenters. The van der Waals surface area contributed by atoms with Gasteiger partial charge in [0.25, 0.3) is 0 Å². The van der Waals surface area contributed by atoms with E-state index in [-0.39, 0.29) is 27.6 Å². The van der Waals surface area contributed by atoms with Crippen molar-refractivity contribution in [2.24, 2.45) is 0 Å². The Morgan fingerprint density at radius 3 is 2.54 bits per heavy atom. The molecule has 0 N–H and O–H groups in total. The first-order valence-electron chi connectivity index (χ1n) is 6.71. The highest BCUT2D eigenvalue weighted by Crippen LogP contribution is 2.48. The quantitative estimate of drug-likeness (QED) is 0.774. The Labute approximate surface area is 140 Å². The zero-order chi connectivity index (χ0) is 17.5. The number of halogens is 3. The lowest BCUT2D eigenvalue weighted by atomic mass is 10.0. The van der Waals surface area contributed by atoms with Gasteiger partial charge in [-0.05, 0) is 29.8 Å². The molecule has 0 atom stereocenters. The van der Waals surface area contributed by atoms with E-state index < -0.39 is 12.3 Å². The molecular formula is C16H11ClF2O5. The maximum Gasteiger partial charge on any atom is 0.586 e. The predicted molar refractivity (Wildman–Crippen MR) is 81.0 cm³/mol. The van der Waals surface area contributed by atoms with Crippen LogP contribution in [0.5, 0.6) is 17.2 Å². The summed E-state index contributed by atoms with van der Waals surface area (Å²) < 4.78 is 45.6. The standard InChI is InChI=1S/C16H11ClF2O5/c1-21-12-4-3-8(6-11(12)17)10-5-9(15(20)22-2)7-13-14(10)24-16(18,19)23-13/h3-7H,1-2H3. The van der Waals surface area contributed by atoms with Crippen LogP contribution in [0.15, 0.2) is 30.3 Å². The summed E-state index contributed by atoms with van der Waals surface area (Å²) in [6.07, 6.45) is -3.82. The van der Waals surface area contributed by atoms with E-state index in [1.54, 1.807) is 12.1 Å². The van der Waals surface area contributed by atoms with Crippen molar-refractivity contribution in [1.82, 2.24) is 0 Å². The van der Waals surface area contributed by atoms with Gasteiger partial charge in [-0.1, -0.05) is 17.7 Å². The zero-order valence-electron chi connectivity index (χ0n) is 12.6. The van der Waals surface area contributed by atoms with E-state index in [9.17, 15) is 13.6 Å². The molecule has 0 radical (unpaired) electrons. The lowest BCUT2D eigenvalue weighted by Gasteiger charge is -2.10. The zero-order valence-corrected chi connectivity index (χ0v) is 13.3. The summed E-state index contributed by atoms with van der Waals surface area (Å²) in [7, 11) is 2.64. The minimum Gasteiger partial charge on any atom is -0.495 e. The molecule has 0 aliphatic carbocycles. The number of hydrogen-bond acceptors (Lipinski definition) is 5. The fourth-order valence-electron chi connectivity index (χ4n) is 2.34. The summed E-state index contributed by atoms with van der Waals surface area (Å²) in [4.78, 5) is 11.8. The van der Waals surface area contributed by atoms with Crippen LogP contribution in [0, 0.1) is 0 Å². The molecule has 5 nitrogen and oxygen atoms in total. The van der Waals surface area contributed by atoms with Crippen LogP contribution in [0.3, 0.4) is 0 Å². The molecule has 8 heteroatoms. The first-order valence-corrected chi connectivity index (χ1v) is 7.08. The van der Waals surface area contributed by atoms with Crippen LogP contribution in [0.4, 0.5) is 8.78 Å². The monoisotopic (exact) mass is 356 g/mol. The number of fused-ring (bicyclic) bond motifs is 1. The van der Waals surface area contributed by atoms with Crippen LogP contribution in [0.2, 0.25) is 5.02 Å². The number of rotatable bonds is 3. The molecule has 1 heterocycles. The SMILES string of the molecule is COC(=O)c1cc2c(c(-c3ccc(OC)c(Cl)c3)c1)OC(F)(F)O2. The number of benzene rings is 2. The van der Waals surface area contributed by atoms with E-state index in [0.717, 1.165) is 6.07 Å². The molecule has 3 rings (SSSR count). The van der Waals surface area contributed by atoms with E-state index in [1.165, 1.54) is 26.4 Å². The van der Waals surface area contributed by atoms with Gasteiger partial charge in [-0.3, -0.25) is 0 Å². The summed E-state index contributed by atoms with van der Waals surface area (Å²) in [5.74, 6) is -0.722. The number of esters is 1. The highest BCUT2D eigenvalue weighted by molar-refractivity contribution is 6.32. The smallest absolute Gasteiger partial charge is 0.495 e. The third kappa shape index (κ3) is 2.82. The highest BCUT2D eigenvalue weighted by Gasteiger charge is 2.45. The minimum atomic E-state index is -3.82. The fourth-order valence-corrected chi connectivity index (χ4v) is 2.59. The Balaban J connectivity index is 2.18. The van der Waals surface area contributed by atoms with E-state index in [0.29, 0.717) is 11.3 Å². The summed E-state index contributed by atoms with van der Waals surface area (Å²) in [6, 6.07) is 7.19. The Kier molecular flexibility index (Phi) is 3.96. The van der Waals surface area contributed by atoms with Gasteiger partial charge in [-0.15, -0.1) is 8.78 Å². The van der Waals surface area contributed by atoms with Crippen molar-refractivity contribution >= 4 is 17.6 Å². The lowest BCUT2D eigenvalue weighted by molar-refractivity contribution is -0.286. The average Bonchev–Trinajstić information content (AvgIpc) is 2.86. The number of methoxy groups -OCH3 is 2. The molecule has 2 aromatic rings. The van der Waals surface area contributed by atoms with E-state index in [2.05, 4.69) is 14.2 Å². The highest BCUT2D eigenvalue weighted by atomic mass is 35.5. The van der Waals surface area contributed by atoms with Crippen LogP contribution in [0.1, 0.15) is 10.4 Å². The average molecular weight is 357 g/mol. The Morgan fingerprint density at radius 1 is 1.17 bits per heavy atom. The Bertz CT molecular complexity index is 822. The van der Waals surface area contributed by atoms with E-state index in [4.69, 9.17) is 16.3 Å². The van der Waals surface area contributed by atoms with Gasteiger partial charge in [-0.2, -0.15) is 0 Å². The van der Waals surface area contributed by atoms with Crippen molar-refractivity contribution < 1.29 is 32.5 Å². The van der Waals surface area contributed by atoms with Gasteiger partial charge >= 0.3 is 12.3 Å². The molecule has 0 spiro atoms. The fraction of sp³-hybridized carbons (Fsp3) is 0.188. The maximum absolute atomic E-state index is 13.4. The van der Waals surface area contributed by atoms with Gasteiger partial charge in [0.15, 0.2) is 11.5 Å². The molecule has 2 aromatic carbocycles. The van der Waals surface area contributed by atoms with Gasteiger partial charge in [-0.25, -0.2) is 4.79 Å². The molecule has 0 fully saturated rings. The van der Waals surface area contributed by atoms with Crippen molar-refractivity contribution in [2.45, 2.75) is 6.29 Å². The number of carbonyl (C=O) groups excluding carboxylic acids is 1. The van der Waals surface area contributed by atoms with Crippen LogP contribution in [-0.2, 0) is 4.74 Å². The second-order valence-corrected chi connectivity index (χ2v) is 5.27. The molecule has 0 saturated heterocycles. The Morgan fingerprint density at radius 2 is 1.92 bits per heavy atom. The predicted octanol–water partition coefficient (Wildman–Crippen LogP) is 4.12. The van der Waals surface area contributed by atoms with Crippen molar-refractivity contribution in [3.8, 4) is 28.4 Å². The van der Waals surface area contributed by atoms with E-state index >= 15 is 0 Å². The molecule has 24 heavy (non-hydrogen) atoms. The van der Waals surface area contributed by atoms with Gasteiger partial charge in [0.1, 0.15) is 5.75 Å². The third-order valence-electron chi connectivity index (χ3n) is 3.39. The van der Waals surface area contributed by atoms with Gasteiger partial charge in [0.05, 0.1) is 24.8 Å². The summed E-state index contributed by atoms with van der Waals surface area (Å²) in [5.41, 5.74) is 0.707. The van der Waals surface area contributed by atoms with Crippen LogP contribution in [-0.4, -0.2) is 26.5 Å². The molecule has 126 valence electrons. The number of hydrogen-bond donors (Lipinski definition) is 0. The second kappa shape index (κ2) is 5.83. The van der Waals surface area contributed by atoms with Crippen LogP contribution in [0.25, 0.3) is 11.1 Å². The second-order valence-electron chi connectivity index (χ2n) is 4.86. The van der Waals surface area contributed by atoms with Gasteiger partial charge < -0.3 is 18.9 Å². The van der Waals surface area contributed by atoms with Crippen molar-refractivity contribution in [1.29, 1.82) is 0 Å². The molecule has 0 amide bonds. The van der Waals surface area contributed by atoms with Crippen molar-refractivity contribution in [2.75, 3.05) is 14.2 Å². The normalized spacial score (nSPS) is 14.4. The molecule has 1 aliphatic rings. The van der Waals surface area contributed by atoms with Crippen molar-refractivity contribution in [3.05, 3.63) is 40.9 Å². The molecule has 0 bridgehead atoms. The molecule has 0 saturated carbocycles. The largest absolute Gasteiger partial charge is 0.586 e. The lowest BCUT2D eigenvalue weighted by Crippen LogP contribution is -2.26. The maximum atomic E-state index is 13.4. The summed E-state index contributed by atoms with van der Waals surface area (Å²) in [5, 5.41) is 0.276. The summed E-state index contributed by atoms with van der Waals surface area (Å²) >= 11 is 6.08. The number of ether oxygens (including phenoxy) is 4. The Hall–Kier alpha value is -2.54. The molecular weight excluding hydrogens is 346 g/mol. The molecule has 0 aromatic heterocycles. The molecule has 1 aliphatic heterocycles. The third-order valence-corrected chi connectivity index (χ3v) is 3.68. The van der Waals surface area contributed by atoms with E-state index in [1.807, 2.05) is 0 Å². The van der Waals surface area contributed by atoms with Gasteiger partial charge in [0.2, 0.25) is 0 Å². The number of alkyl halides is 2. The topological polar surface area (TPSA) is 54.0 Å². The number of carbonyl (C=O) groups is 1. The van der Waals surface area contributed by atoms with Gasteiger partial charge in [0, 0.05) is 5.56 Å². The van der Waals surface area contributed by atoms with Crippen LogP contribution < -0.4 is 14.2 Å². The minimum absolute atomic E-state index is 0.0412. The van der Waals surface area contributed by atoms with Crippen LogP contribution >= 0.6 is 11.6 Å². The first-order chi connectivity index (χ1) is 11.3.